The minimum Gasteiger partial charge on any atom is -0.450 e. The van der Waals surface area contributed by atoms with Crippen LogP contribution in [0.1, 0.15) is 25.3 Å². The first-order valence-electron chi connectivity index (χ1n) is 9.44. The van der Waals surface area contributed by atoms with Crippen LogP contribution >= 0.6 is 0 Å². The van der Waals surface area contributed by atoms with Gasteiger partial charge in [-0.25, -0.2) is 9.59 Å². The van der Waals surface area contributed by atoms with Crippen LogP contribution in [0.3, 0.4) is 0 Å². The molecule has 1 saturated heterocycles. The van der Waals surface area contributed by atoms with Crippen molar-refractivity contribution in [2.45, 2.75) is 39.3 Å². The van der Waals surface area contributed by atoms with Gasteiger partial charge in [0.2, 0.25) is 5.91 Å². The van der Waals surface area contributed by atoms with Crippen molar-refractivity contribution in [3.8, 4) is 11.3 Å². The van der Waals surface area contributed by atoms with Gasteiger partial charge in [0.25, 0.3) is 0 Å². The molecule has 0 spiro atoms. The molecule has 8 heteroatoms. The van der Waals surface area contributed by atoms with E-state index in [1.54, 1.807) is 18.0 Å². The zero-order valence-electron chi connectivity index (χ0n) is 16.1. The molecule has 8 nitrogen and oxygen atoms in total. The monoisotopic (exact) mass is 387 g/mol. The van der Waals surface area contributed by atoms with E-state index in [1.165, 1.54) is 4.57 Å². The normalized spacial score (nSPS) is 14.7. The fourth-order valence-electron chi connectivity index (χ4n) is 3.18. The Morgan fingerprint density at radius 3 is 2.54 bits per heavy atom. The summed E-state index contributed by atoms with van der Waals surface area (Å²) < 4.78 is 11.5. The molecule has 0 bridgehead atoms. The zero-order chi connectivity index (χ0) is 20.1. The standard InChI is InChI=1S/C20H25N3O5/c1-3-27-19(25)22-10-8-16(9-11-22)21-18(24)13-23-12-17(28-20(23)26)15-6-4-14(2)5-7-15/h4-7,12,16H,3,8-11,13H2,1-2H3,(H,21,24). The molecule has 1 aromatic carbocycles. The minimum absolute atomic E-state index is 0.0302. The average molecular weight is 387 g/mol. The largest absolute Gasteiger partial charge is 0.450 e. The number of carbonyl (C=O) groups excluding carboxylic acids is 2. The number of rotatable bonds is 5. The molecule has 1 N–H and O–H groups in total. The summed E-state index contributed by atoms with van der Waals surface area (Å²) in [7, 11) is 0. The van der Waals surface area contributed by atoms with Crippen molar-refractivity contribution >= 4 is 12.0 Å². The average Bonchev–Trinajstić information content (AvgIpc) is 3.03. The molecule has 28 heavy (non-hydrogen) atoms. The number of hydrogen-bond acceptors (Lipinski definition) is 5. The van der Waals surface area contributed by atoms with Crippen LogP contribution in [0.4, 0.5) is 4.79 Å². The van der Waals surface area contributed by atoms with Gasteiger partial charge in [0.15, 0.2) is 5.76 Å². The summed E-state index contributed by atoms with van der Waals surface area (Å²) in [5.41, 5.74) is 1.90. The van der Waals surface area contributed by atoms with E-state index in [9.17, 15) is 14.4 Å². The van der Waals surface area contributed by atoms with Crippen LogP contribution in [-0.4, -0.2) is 47.2 Å². The van der Waals surface area contributed by atoms with Crippen LogP contribution in [0.5, 0.6) is 0 Å². The molecule has 1 aliphatic heterocycles. The maximum atomic E-state index is 12.3. The van der Waals surface area contributed by atoms with E-state index >= 15 is 0 Å². The Kier molecular flexibility index (Phi) is 6.18. The van der Waals surface area contributed by atoms with Crippen LogP contribution in [-0.2, 0) is 16.1 Å². The van der Waals surface area contributed by atoms with Gasteiger partial charge in [-0.05, 0) is 26.7 Å². The molecular formula is C20H25N3O5. The van der Waals surface area contributed by atoms with E-state index in [0.717, 1.165) is 11.1 Å². The number of ether oxygens (including phenoxy) is 1. The van der Waals surface area contributed by atoms with Crippen molar-refractivity contribution in [1.82, 2.24) is 14.8 Å². The topological polar surface area (TPSA) is 93.8 Å². The van der Waals surface area contributed by atoms with Crippen molar-refractivity contribution in [3.63, 3.8) is 0 Å². The molecule has 0 aliphatic carbocycles. The first-order valence-corrected chi connectivity index (χ1v) is 9.44. The van der Waals surface area contributed by atoms with Gasteiger partial charge in [-0.1, -0.05) is 29.8 Å². The fourth-order valence-corrected chi connectivity index (χ4v) is 3.18. The van der Waals surface area contributed by atoms with Gasteiger partial charge >= 0.3 is 11.8 Å². The summed E-state index contributed by atoms with van der Waals surface area (Å²) in [5.74, 6) is -0.392. The molecule has 2 heterocycles. The van der Waals surface area contributed by atoms with Crippen molar-refractivity contribution in [3.05, 3.63) is 46.6 Å². The predicted molar refractivity (Wildman–Crippen MR) is 103 cm³/mol. The maximum Gasteiger partial charge on any atom is 0.419 e. The first kappa shape index (κ1) is 19.7. The number of carbonyl (C=O) groups is 2. The summed E-state index contributed by atoms with van der Waals surface area (Å²) >= 11 is 0. The van der Waals surface area contributed by atoms with Crippen molar-refractivity contribution in [1.29, 1.82) is 0 Å². The van der Waals surface area contributed by atoms with E-state index in [1.807, 2.05) is 31.2 Å². The molecule has 0 saturated carbocycles. The summed E-state index contributed by atoms with van der Waals surface area (Å²) in [4.78, 5) is 37.7. The maximum absolute atomic E-state index is 12.3. The van der Waals surface area contributed by atoms with Gasteiger partial charge in [-0.3, -0.25) is 9.36 Å². The van der Waals surface area contributed by atoms with Gasteiger partial charge in [-0.15, -0.1) is 0 Å². The lowest BCUT2D eigenvalue weighted by Crippen LogP contribution is -2.47. The van der Waals surface area contributed by atoms with Crippen LogP contribution in [0, 0.1) is 6.92 Å². The summed E-state index contributed by atoms with van der Waals surface area (Å²) in [6, 6.07) is 7.58. The zero-order valence-corrected chi connectivity index (χ0v) is 16.1. The SMILES string of the molecule is CCOC(=O)N1CCC(NC(=O)Cn2cc(-c3ccc(C)cc3)oc2=O)CC1. The Labute approximate surface area is 163 Å². The molecule has 150 valence electrons. The Hall–Kier alpha value is -3.03. The smallest absolute Gasteiger partial charge is 0.419 e. The lowest BCUT2D eigenvalue weighted by Gasteiger charge is -2.31. The van der Waals surface area contributed by atoms with Gasteiger partial charge in [0.05, 0.1) is 12.8 Å². The van der Waals surface area contributed by atoms with Gasteiger partial charge in [0, 0.05) is 24.7 Å². The van der Waals surface area contributed by atoms with E-state index in [4.69, 9.17) is 9.15 Å². The summed E-state index contributed by atoms with van der Waals surface area (Å²) in [6.07, 6.45) is 2.54. The van der Waals surface area contributed by atoms with Crippen LogP contribution in [0.2, 0.25) is 0 Å². The molecule has 3 rings (SSSR count). The number of nitrogens with zero attached hydrogens (tertiary/aromatic N) is 2. The number of hydrogen-bond donors (Lipinski definition) is 1. The van der Waals surface area contributed by atoms with Gasteiger partial charge < -0.3 is 19.4 Å². The molecule has 1 aliphatic rings. The summed E-state index contributed by atoms with van der Waals surface area (Å²) in [6.45, 7) is 5.06. The molecule has 1 fully saturated rings. The van der Waals surface area contributed by atoms with Crippen LogP contribution < -0.4 is 11.1 Å². The van der Waals surface area contributed by atoms with Crippen LogP contribution in [0.25, 0.3) is 11.3 Å². The number of benzene rings is 1. The molecule has 0 unspecified atom stereocenters. The second-order valence-corrected chi connectivity index (χ2v) is 6.88. The van der Waals surface area contributed by atoms with E-state index in [2.05, 4.69) is 5.32 Å². The highest BCUT2D eigenvalue weighted by Gasteiger charge is 2.24. The molecule has 0 atom stereocenters. The number of nitrogens with one attached hydrogen (secondary N) is 1. The quantitative estimate of drug-likeness (QED) is 0.848. The van der Waals surface area contributed by atoms with Crippen molar-refractivity contribution in [2.24, 2.45) is 0 Å². The molecule has 1 aromatic heterocycles. The highest BCUT2D eigenvalue weighted by Crippen LogP contribution is 2.18. The lowest BCUT2D eigenvalue weighted by atomic mass is 10.1. The highest BCUT2D eigenvalue weighted by atomic mass is 16.6. The van der Waals surface area contributed by atoms with E-state index in [-0.39, 0.29) is 24.6 Å². The van der Waals surface area contributed by atoms with E-state index in [0.29, 0.717) is 38.3 Å². The predicted octanol–water partition coefficient (Wildman–Crippen LogP) is 2.15. The third kappa shape index (κ3) is 4.82. The number of aromatic nitrogens is 1. The first-order chi connectivity index (χ1) is 13.5. The van der Waals surface area contributed by atoms with E-state index < -0.39 is 5.76 Å². The molecule has 2 amide bonds. The third-order valence-corrected chi connectivity index (χ3v) is 4.74. The Balaban J connectivity index is 1.54. The Morgan fingerprint density at radius 2 is 1.89 bits per heavy atom. The van der Waals surface area contributed by atoms with Gasteiger partial charge in [0.1, 0.15) is 6.54 Å². The number of likely N-dealkylation sites (tertiary alicyclic amines) is 1. The number of aryl methyl sites for hydroxylation is 1. The minimum atomic E-state index is -0.567. The molecule has 2 aromatic rings. The second kappa shape index (κ2) is 8.77. The lowest BCUT2D eigenvalue weighted by molar-refractivity contribution is -0.122. The third-order valence-electron chi connectivity index (χ3n) is 4.74. The number of amides is 2. The number of piperidine rings is 1. The Bertz CT molecular complexity index is 876. The van der Waals surface area contributed by atoms with Gasteiger partial charge in [-0.2, -0.15) is 0 Å². The van der Waals surface area contributed by atoms with Crippen molar-refractivity contribution in [2.75, 3.05) is 19.7 Å². The summed E-state index contributed by atoms with van der Waals surface area (Å²) in [5, 5.41) is 2.92. The Morgan fingerprint density at radius 1 is 1.21 bits per heavy atom. The highest BCUT2D eigenvalue weighted by molar-refractivity contribution is 5.76. The fraction of sp³-hybridized carbons (Fsp3) is 0.450. The molecule has 0 radical (unpaired) electrons. The van der Waals surface area contributed by atoms with Crippen molar-refractivity contribution < 1.29 is 18.7 Å². The number of oxazole rings is 1. The second-order valence-electron chi connectivity index (χ2n) is 6.88. The van der Waals surface area contributed by atoms with Crippen LogP contribution in [0.15, 0.2) is 39.7 Å². The molecular weight excluding hydrogens is 362 g/mol.